The van der Waals surface area contributed by atoms with Crippen LogP contribution in [0.4, 0.5) is 0 Å². The topological polar surface area (TPSA) is 27.6 Å². The van der Waals surface area contributed by atoms with Crippen molar-refractivity contribution in [2.75, 3.05) is 26.2 Å². The van der Waals surface area contributed by atoms with E-state index >= 15 is 0 Å². The molecule has 3 nitrogen and oxygen atoms in total. The van der Waals surface area contributed by atoms with Crippen molar-refractivity contribution in [1.29, 1.82) is 0 Å². The summed E-state index contributed by atoms with van der Waals surface area (Å²) >= 11 is 0. The van der Waals surface area contributed by atoms with Crippen LogP contribution in [-0.2, 0) is 6.42 Å². The summed E-state index contributed by atoms with van der Waals surface area (Å²) in [7, 11) is 0. The second-order valence-electron chi connectivity index (χ2n) is 8.86. The van der Waals surface area contributed by atoms with Crippen LogP contribution in [0.5, 0.6) is 0 Å². The van der Waals surface area contributed by atoms with E-state index in [0.29, 0.717) is 5.92 Å². The van der Waals surface area contributed by atoms with Gasteiger partial charge >= 0.3 is 0 Å². The molecule has 0 aromatic heterocycles. The van der Waals surface area contributed by atoms with Crippen molar-refractivity contribution in [2.45, 2.75) is 45.6 Å². The number of likely N-dealkylation sites (tertiary alicyclic amines) is 1. The smallest absolute Gasteiger partial charge is 0.0751 e. The first-order valence-corrected chi connectivity index (χ1v) is 12.1. The molecule has 170 valence electrons. The van der Waals surface area contributed by atoms with Gasteiger partial charge in [-0.3, -0.25) is 4.99 Å². The van der Waals surface area contributed by atoms with Gasteiger partial charge in [-0.2, -0.15) is 0 Å². The first kappa shape index (κ1) is 24.2. The lowest BCUT2D eigenvalue weighted by Gasteiger charge is -2.33. The highest BCUT2D eigenvalue weighted by Gasteiger charge is 2.22. The summed E-state index contributed by atoms with van der Waals surface area (Å²) in [5.41, 5.74) is 5.00. The van der Waals surface area contributed by atoms with Gasteiger partial charge in [-0.05, 0) is 88.8 Å². The van der Waals surface area contributed by atoms with Crippen molar-refractivity contribution in [2.24, 2.45) is 10.9 Å². The van der Waals surface area contributed by atoms with Crippen molar-refractivity contribution < 1.29 is 0 Å². The Hall–Kier alpha value is -2.49. The number of hydrogen-bond donors (Lipinski definition) is 1. The minimum atomic E-state index is 0.0914. The lowest BCUT2D eigenvalue weighted by molar-refractivity contribution is 0.180. The van der Waals surface area contributed by atoms with Gasteiger partial charge in [-0.1, -0.05) is 72.8 Å². The summed E-state index contributed by atoms with van der Waals surface area (Å²) in [5, 5.41) is 3.83. The van der Waals surface area contributed by atoms with Crippen LogP contribution < -0.4 is 5.32 Å². The number of aryl methyl sites for hydroxylation is 2. The van der Waals surface area contributed by atoms with Crippen LogP contribution in [0.15, 0.2) is 84.5 Å². The highest BCUT2D eigenvalue weighted by Crippen LogP contribution is 2.21. The number of rotatable bonds is 11. The summed E-state index contributed by atoms with van der Waals surface area (Å²) in [5.74, 6) is 0.712. The summed E-state index contributed by atoms with van der Waals surface area (Å²) in [4.78, 5) is 7.21. The summed E-state index contributed by atoms with van der Waals surface area (Å²) in [6.07, 6.45) is 10.7. The van der Waals surface area contributed by atoms with Crippen LogP contribution in [-0.4, -0.2) is 36.8 Å². The average Bonchev–Trinajstić information content (AvgIpc) is 2.82. The SMILES string of the molecule is C=C/N=C(\C=C/C)C(NCC1CCN(CCCc2ccccc2)CC1)c1ccc(C)cc1. The Morgan fingerprint density at radius 3 is 2.50 bits per heavy atom. The standard InChI is InChI=1S/C29H39N3/c1-4-10-28(30-5-2)29(27-16-14-24(3)15-17-27)31-23-26-18-21-32(22-19-26)20-9-13-25-11-7-6-8-12-25/h4-8,10-12,14-17,26,29,31H,2,9,13,18-23H2,1,3H3/b10-4-,30-28+. The van der Waals surface area contributed by atoms with Gasteiger partial charge in [0.05, 0.1) is 11.8 Å². The van der Waals surface area contributed by atoms with Crippen molar-refractivity contribution in [3.63, 3.8) is 0 Å². The molecule has 1 aliphatic rings. The molecule has 3 heteroatoms. The zero-order chi connectivity index (χ0) is 22.6. The number of benzene rings is 2. The lowest BCUT2D eigenvalue weighted by atomic mass is 9.94. The number of piperidine rings is 1. The van der Waals surface area contributed by atoms with E-state index in [-0.39, 0.29) is 6.04 Å². The Balaban J connectivity index is 1.50. The normalized spacial score (nSPS) is 17.0. The van der Waals surface area contributed by atoms with Crippen LogP contribution in [0.2, 0.25) is 0 Å². The van der Waals surface area contributed by atoms with Gasteiger partial charge in [0.2, 0.25) is 0 Å². The maximum atomic E-state index is 4.57. The van der Waals surface area contributed by atoms with E-state index < -0.39 is 0 Å². The van der Waals surface area contributed by atoms with Crippen LogP contribution in [0.3, 0.4) is 0 Å². The molecular formula is C29H39N3. The molecule has 1 atom stereocenters. The molecule has 0 saturated carbocycles. The molecule has 0 aliphatic carbocycles. The maximum absolute atomic E-state index is 4.57. The first-order chi connectivity index (χ1) is 15.7. The van der Waals surface area contributed by atoms with E-state index in [4.69, 9.17) is 0 Å². The molecule has 2 aromatic carbocycles. The van der Waals surface area contributed by atoms with E-state index in [9.17, 15) is 0 Å². The third-order valence-electron chi connectivity index (χ3n) is 6.38. The number of nitrogens with zero attached hydrogens (tertiary/aromatic N) is 2. The predicted octanol–water partition coefficient (Wildman–Crippen LogP) is 6.13. The first-order valence-electron chi connectivity index (χ1n) is 12.1. The fourth-order valence-electron chi connectivity index (χ4n) is 4.49. The summed E-state index contributed by atoms with van der Waals surface area (Å²) < 4.78 is 0. The van der Waals surface area contributed by atoms with Crippen LogP contribution in [0.25, 0.3) is 0 Å². The molecule has 0 amide bonds. The quantitative estimate of drug-likeness (QED) is 0.435. The maximum Gasteiger partial charge on any atom is 0.0751 e. The van der Waals surface area contributed by atoms with Gasteiger partial charge in [0.15, 0.2) is 0 Å². The zero-order valence-electron chi connectivity index (χ0n) is 19.8. The molecule has 1 heterocycles. The highest BCUT2D eigenvalue weighted by atomic mass is 15.1. The fourth-order valence-corrected chi connectivity index (χ4v) is 4.49. The summed E-state index contributed by atoms with van der Waals surface area (Å²) in [6, 6.07) is 19.7. The summed E-state index contributed by atoms with van der Waals surface area (Å²) in [6.45, 7) is 12.6. The van der Waals surface area contributed by atoms with Gasteiger partial charge in [0, 0.05) is 6.20 Å². The molecule has 1 unspecified atom stereocenters. The lowest BCUT2D eigenvalue weighted by Crippen LogP contribution is -2.39. The van der Waals surface area contributed by atoms with Crippen molar-refractivity contribution in [3.05, 3.63) is 96.2 Å². The second kappa shape index (κ2) is 13.1. The molecule has 0 spiro atoms. The number of aliphatic imine (C=N–C) groups is 1. The Labute approximate surface area is 195 Å². The fraction of sp³-hybridized carbons (Fsp3) is 0.414. The van der Waals surface area contributed by atoms with Gasteiger partial charge in [-0.25, -0.2) is 0 Å². The molecule has 1 fully saturated rings. The molecule has 32 heavy (non-hydrogen) atoms. The minimum Gasteiger partial charge on any atom is -0.305 e. The van der Waals surface area contributed by atoms with E-state index in [1.54, 1.807) is 6.20 Å². The number of allylic oxidation sites excluding steroid dienone is 1. The number of nitrogens with one attached hydrogen (secondary N) is 1. The van der Waals surface area contributed by atoms with Gasteiger partial charge in [-0.15, -0.1) is 0 Å². The van der Waals surface area contributed by atoms with Gasteiger partial charge < -0.3 is 10.2 Å². The van der Waals surface area contributed by atoms with Crippen LogP contribution in [0, 0.1) is 12.8 Å². The molecule has 0 radical (unpaired) electrons. The Morgan fingerprint density at radius 1 is 1.12 bits per heavy atom. The molecule has 3 rings (SSSR count). The van der Waals surface area contributed by atoms with E-state index in [1.165, 1.54) is 62.0 Å². The van der Waals surface area contributed by atoms with Gasteiger partial charge in [0.25, 0.3) is 0 Å². The molecule has 1 aliphatic heterocycles. The van der Waals surface area contributed by atoms with Crippen molar-refractivity contribution in [3.8, 4) is 0 Å². The van der Waals surface area contributed by atoms with E-state index in [2.05, 4.69) is 95.5 Å². The Bertz CT molecular complexity index is 859. The van der Waals surface area contributed by atoms with Crippen LogP contribution >= 0.6 is 0 Å². The molecular weight excluding hydrogens is 390 g/mol. The van der Waals surface area contributed by atoms with Gasteiger partial charge in [0.1, 0.15) is 0 Å². The molecule has 1 N–H and O–H groups in total. The molecule has 2 aromatic rings. The second-order valence-corrected chi connectivity index (χ2v) is 8.86. The predicted molar refractivity (Wildman–Crippen MR) is 138 cm³/mol. The Morgan fingerprint density at radius 2 is 1.84 bits per heavy atom. The highest BCUT2D eigenvalue weighted by molar-refractivity contribution is 6.00. The Kier molecular flexibility index (Phi) is 9.93. The minimum absolute atomic E-state index is 0.0914. The van der Waals surface area contributed by atoms with E-state index in [1.807, 2.05) is 6.92 Å². The van der Waals surface area contributed by atoms with Crippen molar-refractivity contribution in [1.82, 2.24) is 10.2 Å². The zero-order valence-corrected chi connectivity index (χ0v) is 19.8. The monoisotopic (exact) mass is 429 g/mol. The molecule has 0 bridgehead atoms. The number of hydrogen-bond acceptors (Lipinski definition) is 3. The average molecular weight is 430 g/mol. The molecule has 1 saturated heterocycles. The largest absolute Gasteiger partial charge is 0.305 e. The van der Waals surface area contributed by atoms with Crippen LogP contribution in [0.1, 0.15) is 48.9 Å². The third-order valence-corrected chi connectivity index (χ3v) is 6.38. The third kappa shape index (κ3) is 7.58. The van der Waals surface area contributed by atoms with Crippen molar-refractivity contribution >= 4 is 5.71 Å². The van der Waals surface area contributed by atoms with E-state index in [0.717, 1.165) is 12.3 Å².